The highest BCUT2D eigenvalue weighted by Gasteiger charge is 2.09. The van der Waals surface area contributed by atoms with Crippen molar-refractivity contribution in [2.75, 3.05) is 11.6 Å². The number of thiocarbonyl (C=S) groups is 1. The van der Waals surface area contributed by atoms with Crippen molar-refractivity contribution < 1.29 is 17.6 Å². The van der Waals surface area contributed by atoms with Crippen LogP contribution in [0.4, 0.5) is 10.1 Å². The third-order valence-electron chi connectivity index (χ3n) is 2.87. The van der Waals surface area contributed by atoms with E-state index in [2.05, 4.69) is 10.6 Å². The Morgan fingerprint density at radius 2 is 1.61 bits per heavy atom. The van der Waals surface area contributed by atoms with Gasteiger partial charge < -0.3 is 5.32 Å². The summed E-state index contributed by atoms with van der Waals surface area (Å²) in [7, 11) is -3.27. The first-order valence-corrected chi connectivity index (χ1v) is 8.74. The Morgan fingerprint density at radius 1 is 1.04 bits per heavy atom. The first-order valence-electron chi connectivity index (χ1n) is 6.44. The van der Waals surface area contributed by atoms with Gasteiger partial charge in [-0.05, 0) is 60.7 Å². The van der Waals surface area contributed by atoms with E-state index in [-0.39, 0.29) is 15.6 Å². The molecule has 0 fully saturated rings. The van der Waals surface area contributed by atoms with E-state index in [1.54, 1.807) is 0 Å². The summed E-state index contributed by atoms with van der Waals surface area (Å²) >= 11 is 5.01. The van der Waals surface area contributed by atoms with E-state index in [4.69, 9.17) is 12.2 Å². The molecule has 0 saturated carbocycles. The van der Waals surface area contributed by atoms with E-state index >= 15 is 0 Å². The van der Waals surface area contributed by atoms with Crippen LogP contribution >= 0.6 is 12.2 Å². The SMILES string of the molecule is CS(=O)(=O)c1ccc(NC(=S)NC(=O)c2ccc(F)cc2)cc1. The number of nitrogens with one attached hydrogen (secondary N) is 2. The molecule has 1 amide bonds. The van der Waals surface area contributed by atoms with Gasteiger partial charge in [0, 0.05) is 17.5 Å². The predicted octanol–water partition coefficient (Wildman–Crippen LogP) is 2.36. The van der Waals surface area contributed by atoms with Crippen molar-refractivity contribution in [2.24, 2.45) is 0 Å². The Balaban J connectivity index is 1.99. The number of carbonyl (C=O) groups excluding carboxylic acids is 1. The van der Waals surface area contributed by atoms with Crippen molar-refractivity contribution in [3.05, 3.63) is 59.9 Å². The monoisotopic (exact) mass is 352 g/mol. The molecule has 0 bridgehead atoms. The minimum absolute atomic E-state index is 0.0476. The quantitative estimate of drug-likeness (QED) is 0.830. The molecule has 2 rings (SSSR count). The Labute approximate surface area is 138 Å². The fourth-order valence-electron chi connectivity index (χ4n) is 1.72. The largest absolute Gasteiger partial charge is 0.332 e. The van der Waals surface area contributed by atoms with Crippen molar-refractivity contribution >= 4 is 38.8 Å². The lowest BCUT2D eigenvalue weighted by Gasteiger charge is -2.10. The van der Waals surface area contributed by atoms with Gasteiger partial charge in [0.2, 0.25) is 0 Å². The van der Waals surface area contributed by atoms with Gasteiger partial charge >= 0.3 is 0 Å². The second-order valence-corrected chi connectivity index (χ2v) is 7.14. The van der Waals surface area contributed by atoms with Gasteiger partial charge in [-0.2, -0.15) is 0 Å². The lowest BCUT2D eigenvalue weighted by atomic mass is 10.2. The highest BCUT2D eigenvalue weighted by atomic mass is 32.2. The number of anilines is 1. The summed E-state index contributed by atoms with van der Waals surface area (Å²) < 4.78 is 35.5. The van der Waals surface area contributed by atoms with E-state index in [0.29, 0.717) is 5.69 Å². The van der Waals surface area contributed by atoms with Gasteiger partial charge in [-0.15, -0.1) is 0 Å². The molecule has 120 valence electrons. The number of benzene rings is 2. The summed E-state index contributed by atoms with van der Waals surface area (Å²) in [5, 5.41) is 5.26. The molecule has 0 atom stereocenters. The van der Waals surface area contributed by atoms with Crippen molar-refractivity contribution in [2.45, 2.75) is 4.90 Å². The van der Waals surface area contributed by atoms with Gasteiger partial charge in [0.15, 0.2) is 14.9 Å². The van der Waals surface area contributed by atoms with Crippen molar-refractivity contribution in [1.29, 1.82) is 0 Å². The first kappa shape index (κ1) is 17.0. The topological polar surface area (TPSA) is 75.3 Å². The number of sulfone groups is 1. The van der Waals surface area contributed by atoms with Crippen LogP contribution in [0.5, 0.6) is 0 Å². The van der Waals surface area contributed by atoms with E-state index in [1.807, 2.05) is 0 Å². The second-order valence-electron chi connectivity index (χ2n) is 4.71. The van der Waals surface area contributed by atoms with Crippen LogP contribution < -0.4 is 10.6 Å². The van der Waals surface area contributed by atoms with E-state index < -0.39 is 21.6 Å². The highest BCUT2D eigenvalue weighted by molar-refractivity contribution is 7.90. The van der Waals surface area contributed by atoms with Crippen molar-refractivity contribution in [1.82, 2.24) is 5.32 Å². The Hall–Kier alpha value is -2.32. The lowest BCUT2D eigenvalue weighted by molar-refractivity contribution is 0.0977. The fraction of sp³-hybridized carbons (Fsp3) is 0.0667. The van der Waals surface area contributed by atoms with Crippen molar-refractivity contribution in [3.63, 3.8) is 0 Å². The minimum Gasteiger partial charge on any atom is -0.332 e. The summed E-state index contributed by atoms with van der Waals surface area (Å²) in [5.74, 6) is -0.913. The molecule has 8 heteroatoms. The maximum absolute atomic E-state index is 12.8. The fourth-order valence-corrected chi connectivity index (χ4v) is 2.57. The molecule has 23 heavy (non-hydrogen) atoms. The average Bonchev–Trinajstić information content (AvgIpc) is 2.47. The molecule has 5 nitrogen and oxygen atoms in total. The third kappa shape index (κ3) is 4.83. The van der Waals surface area contributed by atoms with Gasteiger partial charge in [0.05, 0.1) is 4.90 Å². The van der Waals surface area contributed by atoms with E-state index in [9.17, 15) is 17.6 Å². The van der Waals surface area contributed by atoms with Gasteiger partial charge in [0.1, 0.15) is 5.82 Å². The summed E-state index contributed by atoms with van der Waals surface area (Å²) in [6.45, 7) is 0. The van der Waals surface area contributed by atoms with Crippen molar-refractivity contribution in [3.8, 4) is 0 Å². The average molecular weight is 352 g/mol. The van der Waals surface area contributed by atoms with Crippen LogP contribution in [0, 0.1) is 5.82 Å². The molecule has 0 aliphatic heterocycles. The standard InChI is InChI=1S/C15H13FN2O3S2/c1-23(20,21)13-8-6-12(7-9-13)17-15(22)18-14(19)10-2-4-11(16)5-3-10/h2-9H,1H3,(H2,17,18,19,22). The summed E-state index contributed by atoms with van der Waals surface area (Å²) in [6.07, 6.45) is 1.11. The smallest absolute Gasteiger partial charge is 0.257 e. The summed E-state index contributed by atoms with van der Waals surface area (Å²) in [4.78, 5) is 12.1. The third-order valence-corrected chi connectivity index (χ3v) is 4.21. The van der Waals surface area contributed by atoms with Crippen LogP contribution in [0.2, 0.25) is 0 Å². The minimum atomic E-state index is -3.27. The van der Waals surface area contributed by atoms with Crippen LogP contribution in [0.1, 0.15) is 10.4 Å². The number of rotatable bonds is 3. The molecule has 0 saturated heterocycles. The van der Waals surface area contributed by atoms with Gasteiger partial charge in [0.25, 0.3) is 5.91 Å². The van der Waals surface area contributed by atoms with Crippen LogP contribution in [0.25, 0.3) is 0 Å². The molecule has 0 unspecified atom stereocenters. The second kappa shape index (κ2) is 6.84. The molecule has 0 aromatic heterocycles. The molecule has 2 aromatic carbocycles. The zero-order valence-corrected chi connectivity index (χ0v) is 13.7. The number of amides is 1. The van der Waals surface area contributed by atoms with Crippen LogP contribution in [-0.2, 0) is 9.84 Å². The molecule has 2 aromatic rings. The molecular weight excluding hydrogens is 339 g/mol. The number of hydrogen-bond donors (Lipinski definition) is 2. The molecule has 2 N–H and O–H groups in total. The van der Waals surface area contributed by atoms with Crippen LogP contribution in [0.3, 0.4) is 0 Å². The first-order chi connectivity index (χ1) is 10.8. The van der Waals surface area contributed by atoms with E-state index in [0.717, 1.165) is 6.26 Å². The highest BCUT2D eigenvalue weighted by Crippen LogP contribution is 2.13. The maximum atomic E-state index is 12.8. The predicted molar refractivity (Wildman–Crippen MR) is 89.6 cm³/mol. The lowest BCUT2D eigenvalue weighted by Crippen LogP contribution is -2.34. The zero-order valence-electron chi connectivity index (χ0n) is 12.0. The molecule has 0 aliphatic rings. The Kier molecular flexibility index (Phi) is 5.07. The number of halogens is 1. The Bertz CT molecular complexity index is 832. The zero-order chi connectivity index (χ0) is 17.0. The molecular formula is C15H13FN2O3S2. The van der Waals surface area contributed by atoms with Crippen LogP contribution in [-0.4, -0.2) is 25.7 Å². The molecule has 0 heterocycles. The summed E-state index contributed by atoms with van der Waals surface area (Å²) in [6, 6.07) is 11.0. The molecule has 0 spiro atoms. The van der Waals surface area contributed by atoms with Gasteiger partial charge in [-0.3, -0.25) is 10.1 Å². The maximum Gasteiger partial charge on any atom is 0.257 e. The van der Waals surface area contributed by atoms with Crippen LogP contribution in [0.15, 0.2) is 53.4 Å². The number of carbonyl (C=O) groups is 1. The van der Waals surface area contributed by atoms with E-state index in [1.165, 1.54) is 48.5 Å². The Morgan fingerprint density at radius 3 is 2.13 bits per heavy atom. The summed E-state index contributed by atoms with van der Waals surface area (Å²) in [5.41, 5.74) is 0.796. The van der Waals surface area contributed by atoms with Gasteiger partial charge in [-0.1, -0.05) is 0 Å². The number of hydrogen-bond acceptors (Lipinski definition) is 4. The normalized spacial score (nSPS) is 10.9. The van der Waals surface area contributed by atoms with Gasteiger partial charge in [-0.25, -0.2) is 12.8 Å². The molecule has 0 aliphatic carbocycles. The molecule has 0 radical (unpaired) electrons.